The zero-order valence-corrected chi connectivity index (χ0v) is 18.6. The number of esters is 2. The van der Waals surface area contributed by atoms with E-state index >= 15 is 0 Å². The highest BCUT2D eigenvalue weighted by Gasteiger charge is 2.20. The maximum absolute atomic E-state index is 13.3. The van der Waals surface area contributed by atoms with Crippen molar-refractivity contribution in [1.82, 2.24) is 0 Å². The molecule has 2 aromatic carbocycles. The Morgan fingerprint density at radius 1 is 1.06 bits per heavy atom. The van der Waals surface area contributed by atoms with E-state index in [1.54, 1.807) is 57.2 Å². The van der Waals surface area contributed by atoms with E-state index in [1.165, 1.54) is 13.4 Å². The molecule has 2 aromatic heterocycles. The van der Waals surface area contributed by atoms with Crippen LogP contribution in [0.25, 0.3) is 33.1 Å². The number of benzene rings is 2. The maximum atomic E-state index is 13.3. The summed E-state index contributed by atoms with van der Waals surface area (Å²) >= 11 is 0. The van der Waals surface area contributed by atoms with Gasteiger partial charge in [0.2, 0.25) is 5.43 Å². The molecule has 0 fully saturated rings. The fourth-order valence-corrected chi connectivity index (χ4v) is 3.66. The number of furan rings is 1. The average Bonchev–Trinajstić information content (AvgIpc) is 3.22. The van der Waals surface area contributed by atoms with E-state index in [0.29, 0.717) is 44.6 Å². The van der Waals surface area contributed by atoms with Crippen LogP contribution in [0, 0.1) is 6.92 Å². The van der Waals surface area contributed by atoms with Crippen LogP contribution in [-0.2, 0) is 14.3 Å². The predicted molar refractivity (Wildman–Crippen MR) is 120 cm³/mol. The lowest BCUT2D eigenvalue weighted by atomic mass is 10.00. The van der Waals surface area contributed by atoms with Crippen molar-refractivity contribution in [1.29, 1.82) is 0 Å². The van der Waals surface area contributed by atoms with Gasteiger partial charge in [-0.05, 0) is 50.6 Å². The van der Waals surface area contributed by atoms with Crippen LogP contribution in [0.5, 0.6) is 5.75 Å². The van der Waals surface area contributed by atoms with Gasteiger partial charge in [-0.2, -0.15) is 0 Å². The minimum absolute atomic E-state index is 0.234. The van der Waals surface area contributed by atoms with Crippen molar-refractivity contribution >= 4 is 33.9 Å². The van der Waals surface area contributed by atoms with Crippen LogP contribution in [-0.4, -0.2) is 31.8 Å². The maximum Gasteiger partial charge on any atom is 0.346 e. The van der Waals surface area contributed by atoms with Crippen molar-refractivity contribution in [2.24, 2.45) is 0 Å². The summed E-state index contributed by atoms with van der Waals surface area (Å²) in [5, 5.41) is 0.900. The molecule has 170 valence electrons. The van der Waals surface area contributed by atoms with Gasteiger partial charge in [-0.1, -0.05) is 6.07 Å². The number of methoxy groups -OCH3 is 1. The van der Waals surface area contributed by atoms with Crippen LogP contribution in [0.4, 0.5) is 0 Å². The summed E-state index contributed by atoms with van der Waals surface area (Å²) in [7, 11) is 1.28. The summed E-state index contributed by atoms with van der Waals surface area (Å²) in [6.07, 6.45) is 0.536. The minimum Gasteiger partial charge on any atom is -0.479 e. The molecule has 0 aliphatic carbocycles. The van der Waals surface area contributed by atoms with Crippen LogP contribution in [0.15, 0.2) is 56.3 Å². The number of carbonyl (C=O) groups excluding carboxylic acids is 2. The van der Waals surface area contributed by atoms with Gasteiger partial charge < -0.3 is 23.0 Å². The largest absolute Gasteiger partial charge is 0.479 e. The Kier molecular flexibility index (Phi) is 5.91. The molecule has 2 heterocycles. The number of rotatable bonds is 6. The van der Waals surface area contributed by atoms with Gasteiger partial charge in [-0.25, -0.2) is 9.59 Å². The Labute approximate surface area is 188 Å². The second kappa shape index (κ2) is 8.82. The average molecular weight is 450 g/mol. The van der Waals surface area contributed by atoms with Crippen LogP contribution in [0.1, 0.15) is 30.0 Å². The third-order valence-electron chi connectivity index (χ3n) is 5.24. The number of hydrogen-bond donors (Lipinski definition) is 0. The Morgan fingerprint density at radius 2 is 1.85 bits per heavy atom. The van der Waals surface area contributed by atoms with Gasteiger partial charge in [-0.15, -0.1) is 0 Å². The van der Waals surface area contributed by atoms with Crippen molar-refractivity contribution in [3.05, 3.63) is 64.2 Å². The standard InChI is InChI=1S/C25H22O8/c1-5-30-25(28)19-12-31-20-9-6-15(10-18(19)20)22-13(2)33-21-11-16(7-8-17(21)23(22)26)32-14(3)24(27)29-4/h6-12,14H,5H2,1-4H3. The zero-order valence-electron chi connectivity index (χ0n) is 18.6. The Bertz CT molecular complexity index is 1430. The van der Waals surface area contributed by atoms with Gasteiger partial charge in [0.05, 0.1) is 24.7 Å². The molecule has 0 spiro atoms. The molecule has 0 amide bonds. The molecule has 0 saturated heterocycles. The molecule has 0 saturated carbocycles. The minimum atomic E-state index is -0.810. The summed E-state index contributed by atoms with van der Waals surface area (Å²) in [6, 6.07) is 9.89. The number of fused-ring (bicyclic) bond motifs is 2. The Morgan fingerprint density at radius 3 is 2.58 bits per heavy atom. The van der Waals surface area contributed by atoms with Crippen LogP contribution < -0.4 is 10.2 Å². The fourth-order valence-electron chi connectivity index (χ4n) is 3.66. The van der Waals surface area contributed by atoms with Crippen molar-refractivity contribution in [3.63, 3.8) is 0 Å². The lowest BCUT2D eigenvalue weighted by Gasteiger charge is -2.13. The monoisotopic (exact) mass is 450 g/mol. The molecule has 0 aliphatic heterocycles. The fraction of sp³-hybridized carbons (Fsp3) is 0.240. The van der Waals surface area contributed by atoms with Gasteiger partial charge in [-0.3, -0.25) is 4.79 Å². The van der Waals surface area contributed by atoms with Crippen molar-refractivity contribution < 1.29 is 32.6 Å². The SMILES string of the molecule is CCOC(=O)c1coc2ccc(-c3c(C)oc4cc(OC(C)C(=O)OC)ccc4c3=O)cc12. The summed E-state index contributed by atoms with van der Waals surface area (Å²) in [4.78, 5) is 37.2. The molecular weight excluding hydrogens is 428 g/mol. The quantitative estimate of drug-likeness (QED) is 0.392. The van der Waals surface area contributed by atoms with Gasteiger partial charge in [0, 0.05) is 11.5 Å². The first kappa shape index (κ1) is 22.1. The van der Waals surface area contributed by atoms with E-state index in [4.69, 9.17) is 18.3 Å². The van der Waals surface area contributed by atoms with Gasteiger partial charge >= 0.3 is 11.9 Å². The first-order valence-corrected chi connectivity index (χ1v) is 10.3. The van der Waals surface area contributed by atoms with Crippen LogP contribution in [0.3, 0.4) is 0 Å². The third kappa shape index (κ3) is 4.07. The summed E-state index contributed by atoms with van der Waals surface area (Å²) < 4.78 is 26.7. The Hall–Kier alpha value is -4.07. The van der Waals surface area contributed by atoms with E-state index in [0.717, 1.165) is 0 Å². The van der Waals surface area contributed by atoms with Crippen molar-refractivity contribution in [3.8, 4) is 16.9 Å². The predicted octanol–water partition coefficient (Wildman–Crippen LogP) is 4.63. The summed E-state index contributed by atoms with van der Waals surface area (Å²) in [5.74, 6) is -0.245. The number of carbonyl (C=O) groups is 2. The molecule has 0 bridgehead atoms. The highest BCUT2D eigenvalue weighted by Crippen LogP contribution is 2.31. The number of aryl methyl sites for hydroxylation is 1. The molecule has 4 rings (SSSR count). The van der Waals surface area contributed by atoms with Gasteiger partial charge in [0.1, 0.15) is 34.5 Å². The van der Waals surface area contributed by atoms with Crippen molar-refractivity contribution in [2.75, 3.05) is 13.7 Å². The molecule has 8 heteroatoms. The molecule has 33 heavy (non-hydrogen) atoms. The molecule has 8 nitrogen and oxygen atoms in total. The molecule has 0 radical (unpaired) electrons. The van der Waals surface area contributed by atoms with Gasteiger partial charge in [0.25, 0.3) is 0 Å². The smallest absolute Gasteiger partial charge is 0.346 e. The van der Waals surface area contributed by atoms with Gasteiger partial charge in [0.15, 0.2) is 6.10 Å². The molecule has 0 N–H and O–H groups in total. The Balaban J connectivity index is 1.78. The summed E-state index contributed by atoms with van der Waals surface area (Å²) in [6.45, 7) is 5.22. The third-order valence-corrected chi connectivity index (χ3v) is 5.24. The van der Waals surface area contributed by atoms with Crippen molar-refractivity contribution in [2.45, 2.75) is 26.9 Å². The second-order valence-corrected chi connectivity index (χ2v) is 7.38. The topological polar surface area (TPSA) is 105 Å². The first-order valence-electron chi connectivity index (χ1n) is 10.3. The molecule has 0 aliphatic rings. The number of hydrogen-bond acceptors (Lipinski definition) is 8. The van der Waals surface area contributed by atoms with E-state index in [2.05, 4.69) is 4.74 Å². The van der Waals surface area contributed by atoms with Crippen LogP contribution in [0.2, 0.25) is 0 Å². The number of ether oxygens (including phenoxy) is 3. The molecule has 1 atom stereocenters. The molecule has 4 aromatic rings. The second-order valence-electron chi connectivity index (χ2n) is 7.38. The highest BCUT2D eigenvalue weighted by atomic mass is 16.6. The van der Waals surface area contributed by atoms with E-state index in [-0.39, 0.29) is 17.6 Å². The van der Waals surface area contributed by atoms with E-state index < -0.39 is 18.0 Å². The van der Waals surface area contributed by atoms with Crippen LogP contribution >= 0.6 is 0 Å². The van der Waals surface area contributed by atoms with E-state index in [9.17, 15) is 14.4 Å². The molecule has 1 unspecified atom stereocenters. The molecular formula is C25H22O8. The first-order chi connectivity index (χ1) is 15.8. The lowest BCUT2D eigenvalue weighted by molar-refractivity contribution is -0.147. The summed E-state index contributed by atoms with van der Waals surface area (Å²) in [5.41, 5.74) is 1.85. The van der Waals surface area contributed by atoms with E-state index in [1.807, 2.05) is 0 Å². The normalized spacial score (nSPS) is 12.0. The zero-order chi connectivity index (χ0) is 23.7. The highest BCUT2D eigenvalue weighted by molar-refractivity contribution is 6.04. The lowest BCUT2D eigenvalue weighted by Crippen LogP contribution is -2.24.